The summed E-state index contributed by atoms with van der Waals surface area (Å²) >= 11 is 9.99. The van der Waals surface area contributed by atoms with Gasteiger partial charge in [-0.25, -0.2) is 0 Å². The van der Waals surface area contributed by atoms with Gasteiger partial charge in [-0.1, -0.05) is 0 Å². The number of rotatable bonds is 3. The Morgan fingerprint density at radius 2 is 2.19 bits per heavy atom. The van der Waals surface area contributed by atoms with Crippen LogP contribution in [0.25, 0.3) is 0 Å². The summed E-state index contributed by atoms with van der Waals surface area (Å²) in [7, 11) is 0. The molecule has 2 heterocycles. The van der Waals surface area contributed by atoms with Gasteiger partial charge < -0.3 is 0 Å². The Balaban J connectivity index is 2.18. The van der Waals surface area contributed by atoms with Crippen LogP contribution in [0, 0.1) is 6.92 Å². The van der Waals surface area contributed by atoms with Gasteiger partial charge in [0.15, 0.2) is 5.78 Å². The zero-order chi connectivity index (χ0) is 11.7. The SMILES string of the molecule is Cc1cc(C(=O)Cc2sccc2Br)sc1Br. The van der Waals surface area contributed by atoms with Crippen LogP contribution in [0.1, 0.15) is 20.1 Å². The molecule has 2 aromatic heterocycles. The maximum Gasteiger partial charge on any atom is 0.178 e. The predicted molar refractivity (Wildman–Crippen MR) is 76.8 cm³/mol. The average Bonchev–Trinajstić information content (AvgIpc) is 2.76. The van der Waals surface area contributed by atoms with Crippen LogP contribution in [0.2, 0.25) is 0 Å². The minimum Gasteiger partial charge on any atom is -0.293 e. The van der Waals surface area contributed by atoms with Crippen LogP contribution in [0.3, 0.4) is 0 Å². The Labute approximate surface area is 119 Å². The van der Waals surface area contributed by atoms with Crippen molar-refractivity contribution in [3.8, 4) is 0 Å². The second-order valence-corrected chi connectivity index (χ2v) is 7.58. The van der Waals surface area contributed by atoms with Gasteiger partial charge in [0.25, 0.3) is 0 Å². The number of hydrogen-bond donors (Lipinski definition) is 0. The third kappa shape index (κ3) is 2.64. The number of carbonyl (C=O) groups excluding carboxylic acids is 1. The number of aryl methyl sites for hydroxylation is 1. The highest BCUT2D eigenvalue weighted by atomic mass is 79.9. The van der Waals surface area contributed by atoms with Gasteiger partial charge >= 0.3 is 0 Å². The molecular weight excluding hydrogens is 372 g/mol. The lowest BCUT2D eigenvalue weighted by Crippen LogP contribution is -1.99. The molecule has 0 fully saturated rings. The summed E-state index contributed by atoms with van der Waals surface area (Å²) in [6.45, 7) is 2.00. The molecule has 0 N–H and O–H groups in total. The molecule has 16 heavy (non-hydrogen) atoms. The predicted octanol–water partition coefficient (Wildman–Crippen LogP) is 5.07. The quantitative estimate of drug-likeness (QED) is 0.680. The molecule has 0 saturated heterocycles. The average molecular weight is 380 g/mol. The molecular formula is C11H8Br2OS2. The molecule has 0 unspecified atom stereocenters. The van der Waals surface area contributed by atoms with Crippen LogP contribution in [0.4, 0.5) is 0 Å². The summed E-state index contributed by atoms with van der Waals surface area (Å²) < 4.78 is 2.07. The van der Waals surface area contributed by atoms with Crippen molar-refractivity contribution in [2.24, 2.45) is 0 Å². The molecule has 0 aliphatic heterocycles. The van der Waals surface area contributed by atoms with E-state index in [-0.39, 0.29) is 5.78 Å². The number of halogens is 2. The van der Waals surface area contributed by atoms with E-state index < -0.39 is 0 Å². The minimum absolute atomic E-state index is 0.182. The van der Waals surface area contributed by atoms with E-state index in [0.29, 0.717) is 6.42 Å². The fourth-order valence-corrected chi connectivity index (χ4v) is 4.24. The van der Waals surface area contributed by atoms with Crippen molar-refractivity contribution in [1.82, 2.24) is 0 Å². The highest BCUT2D eigenvalue weighted by Gasteiger charge is 2.14. The smallest absolute Gasteiger partial charge is 0.178 e. The first kappa shape index (κ1) is 12.5. The second kappa shape index (κ2) is 5.12. The number of carbonyl (C=O) groups is 1. The van der Waals surface area contributed by atoms with Crippen molar-refractivity contribution in [3.05, 3.63) is 41.1 Å². The first-order valence-electron chi connectivity index (χ1n) is 4.59. The maximum atomic E-state index is 12.0. The Bertz CT molecular complexity index is 508. The first-order valence-corrected chi connectivity index (χ1v) is 7.87. The molecule has 0 aromatic carbocycles. The number of ketones is 1. The molecule has 0 saturated carbocycles. The summed E-state index contributed by atoms with van der Waals surface area (Å²) in [5, 5.41) is 1.99. The lowest BCUT2D eigenvalue weighted by molar-refractivity contribution is 0.0997. The highest BCUT2D eigenvalue weighted by molar-refractivity contribution is 9.11. The van der Waals surface area contributed by atoms with Crippen LogP contribution in [0.5, 0.6) is 0 Å². The van der Waals surface area contributed by atoms with Crippen molar-refractivity contribution >= 4 is 60.3 Å². The summed E-state index contributed by atoms with van der Waals surface area (Å²) in [4.78, 5) is 13.9. The number of hydrogen-bond acceptors (Lipinski definition) is 3. The third-order valence-electron chi connectivity index (χ3n) is 2.14. The van der Waals surface area contributed by atoms with E-state index in [2.05, 4.69) is 31.9 Å². The van der Waals surface area contributed by atoms with Crippen LogP contribution >= 0.6 is 54.5 Å². The second-order valence-electron chi connectivity index (χ2n) is 3.36. The summed E-state index contributed by atoms with van der Waals surface area (Å²) in [6.07, 6.45) is 0.477. The van der Waals surface area contributed by atoms with Crippen molar-refractivity contribution in [2.45, 2.75) is 13.3 Å². The molecule has 0 radical (unpaired) electrons. The van der Waals surface area contributed by atoms with Crippen LogP contribution < -0.4 is 0 Å². The molecule has 2 rings (SSSR count). The molecule has 0 bridgehead atoms. The molecule has 0 atom stereocenters. The van der Waals surface area contributed by atoms with E-state index in [4.69, 9.17) is 0 Å². The Morgan fingerprint density at radius 1 is 1.44 bits per heavy atom. The van der Waals surface area contributed by atoms with E-state index in [1.54, 1.807) is 11.3 Å². The summed E-state index contributed by atoms with van der Waals surface area (Å²) in [5.74, 6) is 0.182. The molecule has 1 nitrogen and oxygen atoms in total. The molecule has 0 spiro atoms. The maximum absolute atomic E-state index is 12.0. The largest absolute Gasteiger partial charge is 0.293 e. The topological polar surface area (TPSA) is 17.1 Å². The van der Waals surface area contributed by atoms with Gasteiger partial charge in [0, 0.05) is 15.8 Å². The Kier molecular flexibility index (Phi) is 4.00. The standard InChI is InChI=1S/C11H8Br2OS2/c1-6-4-10(16-11(6)13)8(14)5-9-7(12)2-3-15-9/h2-4H,5H2,1H3. The van der Waals surface area contributed by atoms with Gasteiger partial charge in [0.05, 0.1) is 8.66 Å². The molecule has 5 heteroatoms. The van der Waals surface area contributed by atoms with Gasteiger partial charge in [-0.2, -0.15) is 0 Å². The minimum atomic E-state index is 0.182. The Morgan fingerprint density at radius 3 is 2.69 bits per heavy atom. The van der Waals surface area contributed by atoms with E-state index in [1.807, 2.05) is 24.4 Å². The van der Waals surface area contributed by atoms with Crippen LogP contribution in [0.15, 0.2) is 25.8 Å². The van der Waals surface area contributed by atoms with E-state index >= 15 is 0 Å². The highest BCUT2D eigenvalue weighted by Crippen LogP contribution is 2.30. The number of thiophene rings is 2. The molecule has 0 aliphatic rings. The van der Waals surface area contributed by atoms with Crippen molar-refractivity contribution < 1.29 is 4.79 Å². The van der Waals surface area contributed by atoms with Gasteiger partial charge in [0.1, 0.15) is 0 Å². The van der Waals surface area contributed by atoms with Gasteiger partial charge in [-0.05, 0) is 61.9 Å². The zero-order valence-electron chi connectivity index (χ0n) is 8.42. The fraction of sp³-hybridized carbons (Fsp3) is 0.182. The number of Topliss-reactive ketones (excluding diaryl/α,β-unsaturated/α-hetero) is 1. The van der Waals surface area contributed by atoms with Gasteiger partial charge in [-0.3, -0.25) is 4.79 Å². The Hall–Kier alpha value is 0.0300. The van der Waals surface area contributed by atoms with Crippen molar-refractivity contribution in [1.29, 1.82) is 0 Å². The van der Waals surface area contributed by atoms with Crippen LogP contribution in [-0.2, 0) is 6.42 Å². The normalized spacial score (nSPS) is 10.7. The summed E-state index contributed by atoms with van der Waals surface area (Å²) in [6, 6.07) is 3.92. The molecule has 2 aromatic rings. The lowest BCUT2D eigenvalue weighted by atomic mass is 10.2. The molecule has 84 valence electrons. The van der Waals surface area contributed by atoms with E-state index in [9.17, 15) is 4.79 Å². The van der Waals surface area contributed by atoms with Crippen molar-refractivity contribution in [2.75, 3.05) is 0 Å². The summed E-state index contributed by atoms with van der Waals surface area (Å²) in [5.41, 5.74) is 1.12. The van der Waals surface area contributed by atoms with E-state index in [1.165, 1.54) is 11.3 Å². The molecule has 0 aliphatic carbocycles. The first-order chi connectivity index (χ1) is 7.58. The van der Waals surface area contributed by atoms with Crippen molar-refractivity contribution in [3.63, 3.8) is 0 Å². The third-order valence-corrected chi connectivity index (χ3v) is 6.25. The van der Waals surface area contributed by atoms with Gasteiger partial charge in [0.2, 0.25) is 0 Å². The zero-order valence-corrected chi connectivity index (χ0v) is 13.2. The molecule has 0 amide bonds. The van der Waals surface area contributed by atoms with E-state index in [0.717, 1.165) is 23.6 Å². The van der Waals surface area contributed by atoms with Crippen LogP contribution in [-0.4, -0.2) is 5.78 Å². The van der Waals surface area contributed by atoms with Gasteiger partial charge in [-0.15, -0.1) is 22.7 Å². The lowest BCUT2D eigenvalue weighted by Gasteiger charge is -1.96. The fourth-order valence-electron chi connectivity index (χ4n) is 1.28. The monoisotopic (exact) mass is 378 g/mol.